The molecule has 4 rings (SSSR count). The third-order valence-electron chi connectivity index (χ3n) is 6.12. The molecule has 170 valence electrons. The first kappa shape index (κ1) is 23.2. The summed E-state index contributed by atoms with van der Waals surface area (Å²) in [6.45, 7) is 11.7. The first-order valence-electron chi connectivity index (χ1n) is 11.5. The van der Waals surface area contributed by atoms with E-state index in [0.29, 0.717) is 18.2 Å². The lowest BCUT2D eigenvalue weighted by Gasteiger charge is -2.25. The zero-order chi connectivity index (χ0) is 22.9. The van der Waals surface area contributed by atoms with Crippen molar-refractivity contribution in [3.05, 3.63) is 64.3 Å². The van der Waals surface area contributed by atoms with E-state index in [1.807, 2.05) is 24.3 Å². The van der Waals surface area contributed by atoms with E-state index in [4.69, 9.17) is 16.0 Å². The normalized spacial score (nSPS) is 15.4. The van der Waals surface area contributed by atoms with E-state index in [0.717, 1.165) is 46.5 Å². The molecule has 0 radical (unpaired) electrons. The van der Waals surface area contributed by atoms with Crippen LogP contribution in [0.2, 0.25) is 24.7 Å². The Kier molecular flexibility index (Phi) is 6.91. The Morgan fingerprint density at radius 1 is 1.03 bits per heavy atom. The summed E-state index contributed by atoms with van der Waals surface area (Å²) < 4.78 is 8.34. The maximum atomic E-state index is 13.5. The molecule has 1 aromatic heterocycles. The Morgan fingerprint density at radius 3 is 2.38 bits per heavy atom. The van der Waals surface area contributed by atoms with Gasteiger partial charge in [-0.2, -0.15) is 0 Å². The Balaban J connectivity index is 1.78. The van der Waals surface area contributed by atoms with E-state index in [1.54, 1.807) is 0 Å². The van der Waals surface area contributed by atoms with E-state index in [-0.39, 0.29) is 5.78 Å². The minimum atomic E-state index is -1.62. The van der Waals surface area contributed by atoms with Gasteiger partial charge in [0.1, 0.15) is 0 Å². The summed E-state index contributed by atoms with van der Waals surface area (Å²) in [6.07, 6.45) is 3.63. The maximum Gasteiger partial charge on any atom is 0.184 e. The molecule has 2 heterocycles. The Hall–Kier alpha value is -1.92. The van der Waals surface area contributed by atoms with Crippen molar-refractivity contribution in [1.29, 1.82) is 0 Å². The van der Waals surface area contributed by atoms with Gasteiger partial charge in [0.15, 0.2) is 14.1 Å². The molecule has 1 fully saturated rings. The molecule has 0 amide bonds. The molecule has 0 saturated carbocycles. The smallest absolute Gasteiger partial charge is 0.184 e. The standard InChI is InChI=1S/C26H33ClN2O2Si/c1-19-26(25(30)17-28-14-6-5-7-15-28)23-13-8-20(18-31-32(2,3)4)16-24(23)29(19)22-11-9-21(27)10-12-22/h8-13,16H,5-7,14-15,17-18H2,1-4H3. The molecule has 32 heavy (non-hydrogen) atoms. The van der Waals surface area contributed by atoms with Crippen LogP contribution in [-0.2, 0) is 11.0 Å². The number of aromatic nitrogens is 1. The van der Waals surface area contributed by atoms with E-state index >= 15 is 0 Å². The summed E-state index contributed by atoms with van der Waals surface area (Å²) in [5, 5.41) is 1.71. The van der Waals surface area contributed by atoms with Gasteiger partial charge in [0.2, 0.25) is 0 Å². The van der Waals surface area contributed by atoms with Crippen LogP contribution in [0, 0.1) is 6.92 Å². The summed E-state index contributed by atoms with van der Waals surface area (Å²) in [6, 6.07) is 14.2. The van der Waals surface area contributed by atoms with Crippen LogP contribution in [0.1, 0.15) is 40.9 Å². The molecule has 1 aliphatic heterocycles. The highest BCUT2D eigenvalue weighted by atomic mass is 35.5. The topological polar surface area (TPSA) is 34.5 Å². The van der Waals surface area contributed by atoms with Crippen LogP contribution < -0.4 is 0 Å². The monoisotopic (exact) mass is 468 g/mol. The Morgan fingerprint density at radius 2 is 1.72 bits per heavy atom. The van der Waals surface area contributed by atoms with E-state index in [9.17, 15) is 4.79 Å². The van der Waals surface area contributed by atoms with E-state index < -0.39 is 8.32 Å². The predicted octanol–water partition coefficient (Wildman–Crippen LogP) is 6.61. The number of hydrogen-bond donors (Lipinski definition) is 0. The van der Waals surface area contributed by atoms with Gasteiger partial charge in [-0.25, -0.2) is 0 Å². The molecular weight excluding hydrogens is 436 g/mol. The molecular formula is C26H33ClN2O2Si. The van der Waals surface area contributed by atoms with Crippen LogP contribution in [-0.4, -0.2) is 43.2 Å². The van der Waals surface area contributed by atoms with Crippen molar-refractivity contribution in [3.63, 3.8) is 0 Å². The number of likely N-dealkylation sites (tertiary alicyclic amines) is 1. The second kappa shape index (κ2) is 9.52. The van der Waals surface area contributed by atoms with Crippen LogP contribution in [0.15, 0.2) is 42.5 Å². The number of rotatable bonds is 7. The molecule has 1 saturated heterocycles. The fourth-order valence-electron chi connectivity index (χ4n) is 4.53. The molecule has 0 atom stereocenters. The van der Waals surface area contributed by atoms with Gasteiger partial charge in [0.25, 0.3) is 0 Å². The fraction of sp³-hybridized carbons (Fsp3) is 0.423. The minimum Gasteiger partial charge on any atom is -0.413 e. The van der Waals surface area contributed by atoms with Gasteiger partial charge in [0.05, 0.1) is 18.7 Å². The number of Topliss-reactive ketones (excluding diaryl/α,β-unsaturated/α-hetero) is 1. The van der Waals surface area contributed by atoms with Gasteiger partial charge in [-0.1, -0.05) is 30.2 Å². The summed E-state index contributed by atoms with van der Waals surface area (Å²) in [5.41, 5.74) is 4.99. The Bertz CT molecular complexity index is 1110. The molecule has 0 bridgehead atoms. The van der Waals surface area contributed by atoms with Crippen molar-refractivity contribution in [2.24, 2.45) is 0 Å². The van der Waals surface area contributed by atoms with Crippen molar-refractivity contribution >= 4 is 36.6 Å². The van der Waals surface area contributed by atoms with Gasteiger partial charge in [-0.05, 0) is 88.4 Å². The molecule has 6 heteroatoms. The van der Waals surface area contributed by atoms with Crippen LogP contribution in [0.4, 0.5) is 0 Å². The van der Waals surface area contributed by atoms with E-state index in [1.165, 1.54) is 19.3 Å². The molecule has 4 nitrogen and oxygen atoms in total. The highest BCUT2D eigenvalue weighted by molar-refractivity contribution is 6.69. The van der Waals surface area contributed by atoms with Crippen LogP contribution in [0.5, 0.6) is 0 Å². The molecule has 3 aromatic rings. The number of ketones is 1. The first-order chi connectivity index (χ1) is 15.2. The highest BCUT2D eigenvalue weighted by Gasteiger charge is 2.24. The minimum absolute atomic E-state index is 0.202. The number of benzene rings is 2. The lowest BCUT2D eigenvalue weighted by atomic mass is 10.0. The lowest BCUT2D eigenvalue weighted by Crippen LogP contribution is -2.34. The second-order valence-electron chi connectivity index (χ2n) is 9.78. The SMILES string of the molecule is Cc1c(C(=O)CN2CCCCC2)c2ccc(CO[Si](C)(C)C)cc2n1-c1ccc(Cl)cc1. The van der Waals surface area contributed by atoms with Gasteiger partial charge in [-0.15, -0.1) is 0 Å². The number of nitrogens with zero attached hydrogens (tertiary/aromatic N) is 2. The Labute approximate surface area is 197 Å². The fourth-order valence-corrected chi connectivity index (χ4v) is 5.25. The summed E-state index contributed by atoms with van der Waals surface area (Å²) >= 11 is 6.15. The molecule has 2 aromatic carbocycles. The van der Waals surface area contributed by atoms with Crippen molar-refractivity contribution in [2.45, 2.75) is 52.4 Å². The van der Waals surface area contributed by atoms with Gasteiger partial charge in [-0.3, -0.25) is 9.69 Å². The maximum absolute atomic E-state index is 13.5. The van der Waals surface area contributed by atoms with Gasteiger partial charge < -0.3 is 8.99 Å². The number of hydrogen-bond acceptors (Lipinski definition) is 3. The van der Waals surface area contributed by atoms with Crippen molar-refractivity contribution in [3.8, 4) is 5.69 Å². The zero-order valence-corrected chi connectivity index (χ0v) is 21.3. The molecule has 0 aliphatic carbocycles. The van der Waals surface area contributed by atoms with Crippen molar-refractivity contribution in [2.75, 3.05) is 19.6 Å². The average molecular weight is 469 g/mol. The molecule has 1 aliphatic rings. The zero-order valence-electron chi connectivity index (χ0n) is 19.6. The number of piperidine rings is 1. The lowest BCUT2D eigenvalue weighted by molar-refractivity contribution is 0.0916. The second-order valence-corrected chi connectivity index (χ2v) is 14.7. The number of fused-ring (bicyclic) bond motifs is 1. The van der Waals surface area contributed by atoms with Crippen LogP contribution in [0.3, 0.4) is 0 Å². The summed E-state index contributed by atoms with van der Waals surface area (Å²) in [7, 11) is -1.62. The van der Waals surface area contributed by atoms with Crippen molar-refractivity contribution < 1.29 is 9.22 Å². The molecule has 0 unspecified atom stereocenters. The van der Waals surface area contributed by atoms with Crippen LogP contribution in [0.25, 0.3) is 16.6 Å². The largest absolute Gasteiger partial charge is 0.413 e. The third-order valence-corrected chi connectivity index (χ3v) is 7.38. The molecule has 0 N–H and O–H groups in total. The number of carbonyl (C=O) groups excluding carboxylic acids is 1. The number of halogens is 1. The van der Waals surface area contributed by atoms with E-state index in [2.05, 4.69) is 54.2 Å². The summed E-state index contributed by atoms with van der Waals surface area (Å²) in [5.74, 6) is 0.202. The van der Waals surface area contributed by atoms with Gasteiger partial charge in [0, 0.05) is 27.4 Å². The van der Waals surface area contributed by atoms with Crippen LogP contribution >= 0.6 is 11.6 Å². The predicted molar refractivity (Wildman–Crippen MR) is 136 cm³/mol. The first-order valence-corrected chi connectivity index (χ1v) is 15.3. The number of carbonyl (C=O) groups is 1. The quantitative estimate of drug-likeness (QED) is 0.289. The summed E-state index contributed by atoms with van der Waals surface area (Å²) in [4.78, 5) is 15.8. The molecule has 0 spiro atoms. The van der Waals surface area contributed by atoms with Crippen molar-refractivity contribution in [1.82, 2.24) is 9.47 Å². The average Bonchev–Trinajstić information content (AvgIpc) is 3.04. The third kappa shape index (κ3) is 5.17. The van der Waals surface area contributed by atoms with Gasteiger partial charge >= 0.3 is 0 Å². The highest BCUT2D eigenvalue weighted by Crippen LogP contribution is 2.32.